The van der Waals surface area contributed by atoms with Crippen molar-refractivity contribution in [1.82, 2.24) is 20.2 Å². The summed E-state index contributed by atoms with van der Waals surface area (Å²) in [4.78, 5) is 33.2. The quantitative estimate of drug-likeness (QED) is 0.698. The third kappa shape index (κ3) is 7.23. The fraction of sp³-hybridized carbons (Fsp3) is 0.714. The summed E-state index contributed by atoms with van der Waals surface area (Å²) in [7, 11) is 0. The molecule has 180 valence electrons. The Bertz CT molecular complexity index is 808. The lowest BCUT2D eigenvalue weighted by molar-refractivity contribution is -0.145. The van der Waals surface area contributed by atoms with Crippen LogP contribution in [-0.4, -0.2) is 51.6 Å². The number of nitrogens with two attached hydrogens (primary N) is 1. The molecule has 1 aromatic rings. The maximum atomic E-state index is 12.8. The summed E-state index contributed by atoms with van der Waals surface area (Å²) < 4.78 is 43.6. The van der Waals surface area contributed by atoms with Gasteiger partial charge in [0.2, 0.25) is 11.7 Å². The number of alkyl halides is 3. The number of hydrogen-bond donors (Lipinski definition) is 2. The van der Waals surface area contributed by atoms with Crippen molar-refractivity contribution in [3.8, 4) is 0 Å². The molecule has 0 radical (unpaired) electrons. The number of alkyl carbamates (subject to hydrolysis) is 1. The molecule has 0 unspecified atom stereocenters. The molecule has 2 heterocycles. The number of nitrogens with one attached hydrogen (secondary N) is 1. The van der Waals surface area contributed by atoms with Crippen LogP contribution in [-0.2, 0) is 22.1 Å². The van der Waals surface area contributed by atoms with Gasteiger partial charge in [-0.15, -0.1) is 0 Å². The first-order chi connectivity index (χ1) is 14.7. The average molecular weight is 460 g/mol. The van der Waals surface area contributed by atoms with Gasteiger partial charge in [0, 0.05) is 24.3 Å². The van der Waals surface area contributed by atoms with Gasteiger partial charge in [-0.05, 0) is 66.2 Å². The summed E-state index contributed by atoms with van der Waals surface area (Å²) in [6.45, 7) is 9.45. The highest BCUT2D eigenvalue weighted by Gasteiger charge is 2.36. The topological polar surface area (TPSA) is 110 Å². The van der Waals surface area contributed by atoms with Crippen molar-refractivity contribution in [3.63, 3.8) is 0 Å². The van der Waals surface area contributed by atoms with Gasteiger partial charge in [0.25, 0.3) is 0 Å². The molecule has 0 aliphatic carbocycles. The minimum Gasteiger partial charge on any atom is -0.444 e. The highest BCUT2D eigenvalue weighted by atomic mass is 19.4. The molecule has 8 nitrogen and oxygen atoms in total. The van der Waals surface area contributed by atoms with Crippen LogP contribution in [0, 0.1) is 12.8 Å². The molecule has 0 aromatic carbocycles. The van der Waals surface area contributed by atoms with Crippen LogP contribution >= 0.6 is 0 Å². The second-order valence-corrected chi connectivity index (χ2v) is 9.17. The monoisotopic (exact) mass is 459 g/mol. The summed E-state index contributed by atoms with van der Waals surface area (Å²) in [6, 6.07) is -0.701. The van der Waals surface area contributed by atoms with Crippen molar-refractivity contribution in [1.29, 1.82) is 0 Å². The van der Waals surface area contributed by atoms with E-state index in [0.717, 1.165) is 12.8 Å². The molecule has 1 aliphatic rings. The Morgan fingerprint density at radius 1 is 1.22 bits per heavy atom. The summed E-state index contributed by atoms with van der Waals surface area (Å²) >= 11 is 0. The van der Waals surface area contributed by atoms with Gasteiger partial charge in [-0.25, -0.2) is 14.8 Å². The molecular weight excluding hydrogens is 427 g/mol. The predicted octanol–water partition coefficient (Wildman–Crippen LogP) is 3.47. The maximum Gasteiger partial charge on any atom is 0.451 e. The Kier molecular flexibility index (Phi) is 7.95. The largest absolute Gasteiger partial charge is 0.451 e. The van der Waals surface area contributed by atoms with E-state index in [2.05, 4.69) is 15.3 Å². The number of carbonyl (C=O) groups is 2. The number of nitrogen functional groups attached to an aromatic ring is 1. The van der Waals surface area contributed by atoms with Crippen LogP contribution in [0.15, 0.2) is 0 Å². The minimum atomic E-state index is -4.63. The third-order valence-electron chi connectivity index (χ3n) is 5.33. The number of aromatic nitrogens is 2. The lowest BCUT2D eigenvalue weighted by Crippen LogP contribution is -2.50. The fourth-order valence-corrected chi connectivity index (χ4v) is 3.66. The van der Waals surface area contributed by atoms with Crippen molar-refractivity contribution in [2.45, 2.75) is 78.1 Å². The van der Waals surface area contributed by atoms with Gasteiger partial charge < -0.3 is 20.7 Å². The summed E-state index contributed by atoms with van der Waals surface area (Å²) in [5, 5.41) is 2.56. The molecule has 2 amide bonds. The molecule has 0 bridgehead atoms. The van der Waals surface area contributed by atoms with Gasteiger partial charge in [-0.3, -0.25) is 4.79 Å². The molecule has 0 spiro atoms. The Balaban J connectivity index is 1.85. The normalized spacial score (nSPS) is 16.6. The van der Waals surface area contributed by atoms with Crippen molar-refractivity contribution in [2.75, 3.05) is 18.8 Å². The molecule has 3 N–H and O–H groups in total. The molecule has 1 saturated heterocycles. The van der Waals surface area contributed by atoms with Gasteiger partial charge in [-0.1, -0.05) is 0 Å². The molecule has 11 heteroatoms. The van der Waals surface area contributed by atoms with Gasteiger partial charge in [0.05, 0.1) is 0 Å². The number of rotatable bonds is 5. The Morgan fingerprint density at radius 3 is 2.31 bits per heavy atom. The van der Waals surface area contributed by atoms with E-state index in [1.165, 1.54) is 6.92 Å². The Labute approximate surface area is 186 Å². The number of piperidine rings is 1. The van der Waals surface area contributed by atoms with Gasteiger partial charge >= 0.3 is 12.3 Å². The van der Waals surface area contributed by atoms with Crippen molar-refractivity contribution in [3.05, 3.63) is 17.1 Å². The highest BCUT2D eigenvalue weighted by Crippen LogP contribution is 2.30. The van der Waals surface area contributed by atoms with Crippen LogP contribution in [0.5, 0.6) is 0 Å². The van der Waals surface area contributed by atoms with Crippen LogP contribution in [0.2, 0.25) is 0 Å². The van der Waals surface area contributed by atoms with E-state index in [1.807, 2.05) is 0 Å². The average Bonchev–Trinajstić information content (AvgIpc) is 2.64. The van der Waals surface area contributed by atoms with Gasteiger partial charge in [0.1, 0.15) is 17.5 Å². The molecule has 1 aromatic heterocycles. The van der Waals surface area contributed by atoms with Crippen LogP contribution in [0.4, 0.5) is 23.8 Å². The van der Waals surface area contributed by atoms with E-state index in [1.54, 1.807) is 32.6 Å². The van der Waals surface area contributed by atoms with E-state index in [4.69, 9.17) is 10.5 Å². The first-order valence-electron chi connectivity index (χ1n) is 10.7. The number of likely N-dealkylation sites (tertiary alicyclic amines) is 1. The van der Waals surface area contributed by atoms with Crippen molar-refractivity contribution >= 4 is 17.8 Å². The van der Waals surface area contributed by atoms with Gasteiger partial charge in [-0.2, -0.15) is 13.2 Å². The molecular formula is C21H32F3N5O3. The van der Waals surface area contributed by atoms with E-state index in [-0.39, 0.29) is 17.4 Å². The molecule has 2 rings (SSSR count). The third-order valence-corrected chi connectivity index (χ3v) is 5.33. The van der Waals surface area contributed by atoms with E-state index in [0.29, 0.717) is 37.4 Å². The number of carbonyl (C=O) groups excluding carboxylic acids is 2. The number of ether oxygens (including phenoxy) is 1. The Hall–Kier alpha value is -2.59. The number of aryl methyl sites for hydroxylation is 1. The summed E-state index contributed by atoms with van der Waals surface area (Å²) in [6.07, 6.45) is -2.57. The fourth-order valence-electron chi connectivity index (χ4n) is 3.66. The number of halogens is 3. The molecule has 1 aliphatic heterocycles. The SMILES string of the molecule is Cc1nc(C(F)(F)F)nc(N)c1CCC1CCN(C(=O)[C@H](C)NC(=O)OC(C)(C)C)CC1. The first kappa shape index (κ1) is 25.7. The lowest BCUT2D eigenvalue weighted by Gasteiger charge is -2.34. The molecule has 32 heavy (non-hydrogen) atoms. The molecule has 1 atom stereocenters. The molecule has 0 saturated carbocycles. The first-order valence-corrected chi connectivity index (χ1v) is 10.7. The Morgan fingerprint density at radius 2 is 1.81 bits per heavy atom. The second kappa shape index (κ2) is 9.91. The van der Waals surface area contributed by atoms with Crippen molar-refractivity contribution in [2.24, 2.45) is 5.92 Å². The number of amides is 2. The van der Waals surface area contributed by atoms with Crippen LogP contribution in [0.3, 0.4) is 0 Å². The zero-order valence-corrected chi connectivity index (χ0v) is 19.2. The van der Waals surface area contributed by atoms with Crippen molar-refractivity contribution < 1.29 is 27.5 Å². The number of nitrogens with zero attached hydrogens (tertiary/aromatic N) is 3. The van der Waals surface area contributed by atoms with Crippen LogP contribution in [0.1, 0.15) is 64.0 Å². The van der Waals surface area contributed by atoms with E-state index in [9.17, 15) is 22.8 Å². The van der Waals surface area contributed by atoms with Crippen LogP contribution < -0.4 is 11.1 Å². The van der Waals surface area contributed by atoms with Crippen LogP contribution in [0.25, 0.3) is 0 Å². The summed E-state index contributed by atoms with van der Waals surface area (Å²) in [5.41, 5.74) is 5.88. The second-order valence-electron chi connectivity index (χ2n) is 9.17. The highest BCUT2D eigenvalue weighted by molar-refractivity contribution is 5.85. The standard InChI is InChI=1S/C21H32F3N5O3/c1-12-15(16(25)28-18(26-12)21(22,23)24)7-6-14-8-10-29(11-9-14)17(30)13(2)27-19(31)32-20(3,4)5/h13-14H,6-11H2,1-5H3,(H,27,31)(H2,25,26,28)/t13-/m0/s1. The van der Waals surface area contributed by atoms with E-state index >= 15 is 0 Å². The number of hydrogen-bond acceptors (Lipinski definition) is 6. The zero-order chi connectivity index (χ0) is 24.3. The zero-order valence-electron chi connectivity index (χ0n) is 19.2. The smallest absolute Gasteiger partial charge is 0.444 e. The maximum absolute atomic E-state index is 12.8. The van der Waals surface area contributed by atoms with Gasteiger partial charge in [0.15, 0.2) is 0 Å². The minimum absolute atomic E-state index is 0.139. The summed E-state index contributed by atoms with van der Waals surface area (Å²) in [5.74, 6) is -1.24. The number of anilines is 1. The molecule has 1 fully saturated rings. The lowest BCUT2D eigenvalue weighted by atomic mass is 9.90. The van der Waals surface area contributed by atoms with E-state index < -0.39 is 29.7 Å². The predicted molar refractivity (Wildman–Crippen MR) is 113 cm³/mol.